The molecule has 0 heterocycles. The van der Waals surface area contributed by atoms with E-state index < -0.39 is 0 Å². The van der Waals surface area contributed by atoms with Gasteiger partial charge in [0.25, 0.3) is 0 Å². The fraction of sp³-hybridized carbons (Fsp3) is 0.917. The van der Waals surface area contributed by atoms with Crippen molar-refractivity contribution >= 4 is 5.91 Å². The Kier molecular flexibility index (Phi) is 1.77. The first-order chi connectivity index (χ1) is 7.05. The van der Waals surface area contributed by atoms with E-state index in [0.717, 1.165) is 31.1 Å². The van der Waals surface area contributed by atoms with Crippen LogP contribution in [0.2, 0.25) is 0 Å². The smallest absolute Gasteiger partial charge is 0.240 e. The number of amides is 1. The predicted molar refractivity (Wildman–Crippen MR) is 57.6 cm³/mol. The molecule has 4 saturated carbocycles. The first-order valence-electron chi connectivity index (χ1n) is 6.06. The van der Waals surface area contributed by atoms with E-state index in [2.05, 4.69) is 12.3 Å². The third-order valence-electron chi connectivity index (χ3n) is 4.97. The van der Waals surface area contributed by atoms with Gasteiger partial charge < -0.3 is 0 Å². The average molecular weight is 208 g/mol. The highest BCUT2D eigenvalue weighted by Gasteiger charge is 2.58. The van der Waals surface area contributed by atoms with Gasteiger partial charge in [-0.1, -0.05) is 6.92 Å². The van der Waals surface area contributed by atoms with E-state index in [9.17, 15) is 4.79 Å². The van der Waals surface area contributed by atoms with Gasteiger partial charge in [-0.3, -0.25) is 10.2 Å². The fourth-order valence-electron chi connectivity index (χ4n) is 5.14. The maximum absolute atomic E-state index is 12.0. The van der Waals surface area contributed by atoms with Gasteiger partial charge >= 0.3 is 0 Å². The molecule has 0 aromatic heterocycles. The average Bonchev–Trinajstić information content (AvgIpc) is 2.12. The van der Waals surface area contributed by atoms with Gasteiger partial charge in [0.05, 0.1) is 5.41 Å². The molecule has 0 saturated heterocycles. The quantitative estimate of drug-likeness (QED) is 0.390. The lowest BCUT2D eigenvalue weighted by Gasteiger charge is -2.60. The Morgan fingerprint density at radius 1 is 1.27 bits per heavy atom. The summed E-state index contributed by atoms with van der Waals surface area (Å²) in [5.74, 6) is 7.01. The van der Waals surface area contributed by atoms with E-state index in [1.165, 1.54) is 19.3 Å². The van der Waals surface area contributed by atoms with Crippen molar-refractivity contribution in [2.45, 2.75) is 45.4 Å². The molecule has 3 heteroatoms. The Hall–Kier alpha value is -0.570. The molecule has 0 aromatic rings. The van der Waals surface area contributed by atoms with Crippen molar-refractivity contribution in [1.82, 2.24) is 5.43 Å². The van der Waals surface area contributed by atoms with Crippen LogP contribution in [0.4, 0.5) is 0 Å². The normalized spacial score (nSPS) is 51.9. The second-order valence-electron chi connectivity index (χ2n) is 6.53. The second kappa shape index (κ2) is 2.76. The number of nitrogens with two attached hydrogens (primary N) is 1. The lowest BCUT2D eigenvalue weighted by atomic mass is 9.44. The van der Waals surface area contributed by atoms with Gasteiger partial charge in [-0.15, -0.1) is 0 Å². The summed E-state index contributed by atoms with van der Waals surface area (Å²) < 4.78 is 0. The number of hydrogen-bond acceptors (Lipinski definition) is 2. The fourth-order valence-corrected chi connectivity index (χ4v) is 5.14. The molecule has 2 unspecified atom stereocenters. The van der Waals surface area contributed by atoms with Crippen molar-refractivity contribution in [1.29, 1.82) is 0 Å². The van der Waals surface area contributed by atoms with Gasteiger partial charge in [-0.25, -0.2) is 5.84 Å². The summed E-state index contributed by atoms with van der Waals surface area (Å²) in [7, 11) is 0. The Labute approximate surface area is 90.8 Å². The van der Waals surface area contributed by atoms with Gasteiger partial charge in [-0.05, 0) is 55.8 Å². The number of hydrogen-bond donors (Lipinski definition) is 2. The largest absolute Gasteiger partial charge is 0.294 e. The van der Waals surface area contributed by atoms with Crippen LogP contribution in [-0.4, -0.2) is 5.91 Å². The monoisotopic (exact) mass is 208 g/mol. The molecule has 3 nitrogen and oxygen atoms in total. The van der Waals surface area contributed by atoms with E-state index in [-0.39, 0.29) is 11.3 Å². The number of nitrogens with one attached hydrogen (secondary N) is 1. The van der Waals surface area contributed by atoms with Crippen molar-refractivity contribution in [2.75, 3.05) is 0 Å². The van der Waals surface area contributed by atoms with Crippen molar-refractivity contribution in [3.8, 4) is 0 Å². The second-order valence-corrected chi connectivity index (χ2v) is 6.53. The van der Waals surface area contributed by atoms with Crippen LogP contribution in [0.25, 0.3) is 0 Å². The molecule has 4 bridgehead atoms. The first-order valence-corrected chi connectivity index (χ1v) is 6.06. The molecule has 0 spiro atoms. The zero-order chi connectivity index (χ0) is 10.7. The van der Waals surface area contributed by atoms with Gasteiger partial charge in [0.2, 0.25) is 5.91 Å². The molecule has 15 heavy (non-hydrogen) atoms. The topological polar surface area (TPSA) is 55.1 Å². The molecule has 3 N–H and O–H groups in total. The number of rotatable bonds is 1. The molecule has 2 atom stereocenters. The molecule has 0 radical (unpaired) electrons. The van der Waals surface area contributed by atoms with Gasteiger partial charge in [0, 0.05) is 0 Å². The van der Waals surface area contributed by atoms with Crippen molar-refractivity contribution < 1.29 is 4.79 Å². The van der Waals surface area contributed by atoms with Crippen LogP contribution >= 0.6 is 0 Å². The molecule has 4 aliphatic carbocycles. The van der Waals surface area contributed by atoms with Gasteiger partial charge in [0.1, 0.15) is 0 Å². The van der Waals surface area contributed by atoms with Crippen LogP contribution in [0.1, 0.15) is 45.4 Å². The molecular formula is C12H20N2O. The summed E-state index contributed by atoms with van der Waals surface area (Å²) in [4.78, 5) is 12.0. The minimum Gasteiger partial charge on any atom is -0.294 e. The highest BCUT2D eigenvalue weighted by molar-refractivity contribution is 5.82. The minimum absolute atomic E-state index is 0.0998. The number of carbonyl (C=O) groups excluding carboxylic acids is 1. The lowest BCUT2D eigenvalue weighted by Crippen LogP contribution is -2.57. The molecular weight excluding hydrogens is 188 g/mol. The molecule has 0 aliphatic heterocycles. The summed E-state index contributed by atoms with van der Waals surface area (Å²) in [6.07, 6.45) is 7.27. The third kappa shape index (κ3) is 1.25. The highest BCUT2D eigenvalue weighted by atomic mass is 16.2. The summed E-state index contributed by atoms with van der Waals surface area (Å²) >= 11 is 0. The Morgan fingerprint density at radius 3 is 2.33 bits per heavy atom. The van der Waals surface area contributed by atoms with E-state index in [4.69, 9.17) is 5.84 Å². The Morgan fingerprint density at radius 2 is 1.87 bits per heavy atom. The van der Waals surface area contributed by atoms with Crippen LogP contribution in [0.3, 0.4) is 0 Å². The van der Waals surface area contributed by atoms with Crippen molar-refractivity contribution in [2.24, 2.45) is 28.5 Å². The van der Waals surface area contributed by atoms with Gasteiger partial charge in [-0.2, -0.15) is 0 Å². The maximum Gasteiger partial charge on any atom is 0.240 e. The molecule has 0 aromatic carbocycles. The van der Waals surface area contributed by atoms with Crippen LogP contribution in [0, 0.1) is 22.7 Å². The Balaban J connectivity index is 1.96. The van der Waals surface area contributed by atoms with E-state index in [1.807, 2.05) is 0 Å². The predicted octanol–water partition coefficient (Wildman–Crippen LogP) is 1.58. The lowest BCUT2D eigenvalue weighted by molar-refractivity contribution is -0.155. The SMILES string of the molecule is CC12CC3CC(C1)CC(C(=O)NN)(C3)C2. The highest BCUT2D eigenvalue weighted by Crippen LogP contribution is 2.65. The first kappa shape index (κ1) is 9.64. The Bertz CT molecular complexity index is 299. The molecule has 4 rings (SSSR count). The molecule has 4 fully saturated rings. The van der Waals surface area contributed by atoms with Crippen molar-refractivity contribution in [3.63, 3.8) is 0 Å². The van der Waals surface area contributed by atoms with E-state index in [1.54, 1.807) is 0 Å². The zero-order valence-electron chi connectivity index (χ0n) is 9.38. The summed E-state index contributed by atoms with van der Waals surface area (Å²) in [6.45, 7) is 2.36. The van der Waals surface area contributed by atoms with Crippen LogP contribution in [0.15, 0.2) is 0 Å². The minimum atomic E-state index is -0.104. The number of carbonyl (C=O) groups is 1. The van der Waals surface area contributed by atoms with Crippen LogP contribution in [-0.2, 0) is 4.79 Å². The number of hydrazine groups is 1. The maximum atomic E-state index is 12.0. The van der Waals surface area contributed by atoms with Crippen LogP contribution in [0.5, 0.6) is 0 Å². The zero-order valence-corrected chi connectivity index (χ0v) is 9.38. The third-order valence-corrected chi connectivity index (χ3v) is 4.97. The summed E-state index contributed by atoms with van der Waals surface area (Å²) in [5.41, 5.74) is 2.72. The summed E-state index contributed by atoms with van der Waals surface area (Å²) in [5, 5.41) is 0. The van der Waals surface area contributed by atoms with E-state index in [0.29, 0.717) is 5.41 Å². The van der Waals surface area contributed by atoms with Crippen molar-refractivity contribution in [3.05, 3.63) is 0 Å². The summed E-state index contributed by atoms with van der Waals surface area (Å²) in [6, 6.07) is 0. The van der Waals surface area contributed by atoms with Crippen LogP contribution < -0.4 is 11.3 Å². The molecule has 1 amide bonds. The van der Waals surface area contributed by atoms with E-state index >= 15 is 0 Å². The molecule has 84 valence electrons. The van der Waals surface area contributed by atoms with Gasteiger partial charge in [0.15, 0.2) is 0 Å². The standard InChI is InChI=1S/C12H20N2O/c1-11-3-8-2-9(4-11)6-12(5-8,7-11)10(15)14-13/h8-9H,2-7,13H2,1H3,(H,14,15). The molecule has 4 aliphatic rings.